The van der Waals surface area contributed by atoms with Crippen molar-refractivity contribution >= 4 is 21.4 Å². The second kappa shape index (κ2) is 4.75. The fraction of sp³-hybridized carbons (Fsp3) is 0.143. The van der Waals surface area contributed by atoms with Crippen LogP contribution in [0.15, 0.2) is 47.4 Å². The molecule has 2 nitrogen and oxygen atoms in total. The summed E-state index contributed by atoms with van der Waals surface area (Å²) < 4.78 is 23.1. The summed E-state index contributed by atoms with van der Waals surface area (Å²) in [6.45, 7) is 1.97. The van der Waals surface area contributed by atoms with E-state index in [1.165, 1.54) is 6.26 Å². The molecule has 0 heterocycles. The van der Waals surface area contributed by atoms with Crippen molar-refractivity contribution in [1.29, 1.82) is 0 Å². The van der Waals surface area contributed by atoms with E-state index < -0.39 is 9.84 Å². The lowest BCUT2D eigenvalue weighted by molar-refractivity contribution is 0.602. The molecule has 0 N–H and O–H groups in total. The van der Waals surface area contributed by atoms with E-state index in [2.05, 4.69) is 0 Å². The van der Waals surface area contributed by atoms with Crippen molar-refractivity contribution in [3.05, 3.63) is 53.1 Å². The summed E-state index contributed by atoms with van der Waals surface area (Å²) in [7, 11) is -3.20. The summed E-state index contributed by atoms with van der Waals surface area (Å²) in [4.78, 5) is 0.303. The summed E-state index contributed by atoms with van der Waals surface area (Å²) in [5, 5.41) is 0.617. The molecule has 0 unspecified atom stereocenters. The van der Waals surface area contributed by atoms with Crippen molar-refractivity contribution in [1.82, 2.24) is 0 Å². The van der Waals surface area contributed by atoms with Crippen molar-refractivity contribution in [2.24, 2.45) is 0 Å². The molecule has 2 rings (SSSR count). The molecule has 0 spiro atoms. The van der Waals surface area contributed by atoms with Crippen LogP contribution in [0.3, 0.4) is 0 Å². The lowest BCUT2D eigenvalue weighted by Gasteiger charge is -2.07. The van der Waals surface area contributed by atoms with Gasteiger partial charge in [-0.05, 0) is 36.8 Å². The van der Waals surface area contributed by atoms with Crippen LogP contribution in [-0.2, 0) is 9.84 Å². The van der Waals surface area contributed by atoms with Gasteiger partial charge in [-0.1, -0.05) is 35.4 Å². The molecule has 2 aromatic carbocycles. The van der Waals surface area contributed by atoms with Gasteiger partial charge in [0, 0.05) is 16.8 Å². The van der Waals surface area contributed by atoms with Gasteiger partial charge in [-0.2, -0.15) is 0 Å². The Hall–Kier alpha value is -1.32. The van der Waals surface area contributed by atoms with Crippen LogP contribution in [0.4, 0.5) is 0 Å². The molecule has 0 aromatic heterocycles. The SMILES string of the molecule is Cc1ccc(Cl)c(-c2cccc(S(C)(=O)=O)c2)c1. The number of halogens is 1. The van der Waals surface area contributed by atoms with E-state index in [0.29, 0.717) is 9.92 Å². The Morgan fingerprint density at radius 1 is 1.06 bits per heavy atom. The average Bonchev–Trinajstić information content (AvgIpc) is 2.31. The van der Waals surface area contributed by atoms with E-state index in [-0.39, 0.29) is 0 Å². The molecular weight excluding hydrogens is 268 g/mol. The standard InChI is InChI=1S/C14H13ClO2S/c1-10-6-7-14(15)13(8-10)11-4-3-5-12(9-11)18(2,16)17/h3-9H,1-2H3. The molecule has 0 saturated heterocycles. The first kappa shape index (κ1) is 13.1. The summed E-state index contributed by atoms with van der Waals surface area (Å²) in [6, 6.07) is 12.5. The van der Waals surface area contributed by atoms with Gasteiger partial charge >= 0.3 is 0 Å². The quantitative estimate of drug-likeness (QED) is 0.840. The molecule has 0 aliphatic carbocycles. The maximum absolute atomic E-state index is 11.5. The van der Waals surface area contributed by atoms with Crippen molar-refractivity contribution in [3.8, 4) is 11.1 Å². The van der Waals surface area contributed by atoms with Crippen molar-refractivity contribution in [2.45, 2.75) is 11.8 Å². The number of rotatable bonds is 2. The number of aryl methyl sites for hydroxylation is 1. The van der Waals surface area contributed by atoms with Gasteiger partial charge in [-0.3, -0.25) is 0 Å². The Morgan fingerprint density at radius 3 is 2.44 bits per heavy atom. The molecule has 18 heavy (non-hydrogen) atoms. The smallest absolute Gasteiger partial charge is 0.175 e. The van der Waals surface area contributed by atoms with Gasteiger partial charge in [-0.25, -0.2) is 8.42 Å². The van der Waals surface area contributed by atoms with Gasteiger partial charge in [-0.15, -0.1) is 0 Å². The molecule has 0 atom stereocenters. The van der Waals surface area contributed by atoms with Gasteiger partial charge in [0.2, 0.25) is 0 Å². The molecule has 94 valence electrons. The average molecular weight is 281 g/mol. The summed E-state index contributed by atoms with van der Waals surface area (Å²) in [5.74, 6) is 0. The zero-order valence-corrected chi connectivity index (χ0v) is 11.7. The Bertz CT molecular complexity index is 691. The van der Waals surface area contributed by atoms with Crippen LogP contribution in [0.2, 0.25) is 5.02 Å². The van der Waals surface area contributed by atoms with Crippen molar-refractivity contribution in [2.75, 3.05) is 6.26 Å². The molecule has 0 saturated carbocycles. The molecule has 0 radical (unpaired) electrons. The minimum atomic E-state index is -3.20. The summed E-state index contributed by atoms with van der Waals surface area (Å²) >= 11 is 6.15. The molecule has 4 heteroatoms. The fourth-order valence-corrected chi connectivity index (χ4v) is 2.65. The third kappa shape index (κ3) is 2.74. The molecule has 0 fully saturated rings. The van der Waals surface area contributed by atoms with Gasteiger partial charge in [0.15, 0.2) is 9.84 Å². The normalized spacial score (nSPS) is 11.5. The highest BCUT2D eigenvalue weighted by molar-refractivity contribution is 7.90. The Labute approximate surface area is 112 Å². The fourth-order valence-electron chi connectivity index (χ4n) is 1.75. The van der Waals surface area contributed by atoms with E-state index >= 15 is 0 Å². The third-order valence-electron chi connectivity index (χ3n) is 2.70. The highest BCUT2D eigenvalue weighted by atomic mass is 35.5. The van der Waals surface area contributed by atoms with E-state index in [1.807, 2.05) is 31.2 Å². The molecular formula is C14H13ClO2S. The molecule has 0 aliphatic rings. The van der Waals surface area contributed by atoms with E-state index in [0.717, 1.165) is 16.7 Å². The number of sulfone groups is 1. The van der Waals surface area contributed by atoms with Gasteiger partial charge in [0.1, 0.15) is 0 Å². The van der Waals surface area contributed by atoms with Crippen LogP contribution in [0.1, 0.15) is 5.56 Å². The van der Waals surface area contributed by atoms with E-state index in [9.17, 15) is 8.42 Å². The Morgan fingerprint density at radius 2 is 1.78 bits per heavy atom. The first-order valence-corrected chi connectivity index (χ1v) is 7.71. The van der Waals surface area contributed by atoms with Crippen LogP contribution < -0.4 is 0 Å². The summed E-state index contributed by atoms with van der Waals surface area (Å²) in [5.41, 5.74) is 2.74. The zero-order chi connectivity index (χ0) is 13.3. The third-order valence-corrected chi connectivity index (χ3v) is 4.13. The van der Waals surface area contributed by atoms with Crippen LogP contribution in [0, 0.1) is 6.92 Å². The van der Waals surface area contributed by atoms with Gasteiger partial charge in [0.25, 0.3) is 0 Å². The highest BCUT2D eigenvalue weighted by Crippen LogP contribution is 2.30. The van der Waals surface area contributed by atoms with E-state index in [4.69, 9.17) is 11.6 Å². The molecule has 2 aromatic rings. The van der Waals surface area contributed by atoms with Crippen LogP contribution in [0.5, 0.6) is 0 Å². The Kier molecular flexibility index (Phi) is 3.46. The maximum Gasteiger partial charge on any atom is 0.175 e. The van der Waals surface area contributed by atoms with Gasteiger partial charge in [0.05, 0.1) is 4.90 Å². The second-order valence-corrected chi connectivity index (χ2v) is 6.71. The van der Waals surface area contributed by atoms with E-state index in [1.54, 1.807) is 18.2 Å². The first-order valence-electron chi connectivity index (χ1n) is 5.44. The van der Waals surface area contributed by atoms with Gasteiger partial charge < -0.3 is 0 Å². The number of benzene rings is 2. The largest absolute Gasteiger partial charge is 0.224 e. The topological polar surface area (TPSA) is 34.1 Å². The van der Waals surface area contributed by atoms with Crippen LogP contribution in [0.25, 0.3) is 11.1 Å². The number of hydrogen-bond donors (Lipinski definition) is 0. The number of hydrogen-bond acceptors (Lipinski definition) is 2. The minimum absolute atomic E-state index is 0.303. The highest BCUT2D eigenvalue weighted by Gasteiger charge is 2.10. The predicted octanol–water partition coefficient (Wildman–Crippen LogP) is 3.72. The van der Waals surface area contributed by atoms with Crippen molar-refractivity contribution < 1.29 is 8.42 Å². The Balaban J connectivity index is 2.62. The second-order valence-electron chi connectivity index (χ2n) is 4.28. The summed E-state index contributed by atoms with van der Waals surface area (Å²) in [6.07, 6.45) is 1.20. The monoisotopic (exact) mass is 280 g/mol. The van der Waals surface area contributed by atoms with Crippen LogP contribution >= 0.6 is 11.6 Å². The lowest BCUT2D eigenvalue weighted by atomic mass is 10.0. The first-order chi connectivity index (χ1) is 8.38. The molecule has 0 bridgehead atoms. The maximum atomic E-state index is 11.5. The van der Waals surface area contributed by atoms with Crippen LogP contribution in [-0.4, -0.2) is 14.7 Å². The zero-order valence-electron chi connectivity index (χ0n) is 10.1. The predicted molar refractivity (Wildman–Crippen MR) is 74.7 cm³/mol. The molecule has 0 aliphatic heterocycles. The lowest BCUT2D eigenvalue weighted by Crippen LogP contribution is -1.96. The minimum Gasteiger partial charge on any atom is -0.224 e. The van der Waals surface area contributed by atoms with Crippen molar-refractivity contribution in [3.63, 3.8) is 0 Å². The molecule has 0 amide bonds.